The summed E-state index contributed by atoms with van der Waals surface area (Å²) >= 11 is 0. The molecular formula is C23H49NO. The zero-order chi connectivity index (χ0) is 18.6. The quantitative estimate of drug-likeness (QED) is 0.214. The Kier molecular flexibility index (Phi) is 20.2. The number of rotatable bonds is 20. The topological polar surface area (TPSA) is 12.5 Å². The van der Waals surface area contributed by atoms with E-state index in [1.807, 2.05) is 0 Å². The average Bonchev–Trinajstić information content (AvgIpc) is 2.62. The predicted octanol–water partition coefficient (Wildman–Crippen LogP) is 7.21. The van der Waals surface area contributed by atoms with E-state index in [9.17, 15) is 0 Å². The van der Waals surface area contributed by atoms with E-state index in [0.717, 1.165) is 25.8 Å². The molecule has 0 heterocycles. The second-order valence-electron chi connectivity index (χ2n) is 7.65. The van der Waals surface area contributed by atoms with Gasteiger partial charge in [-0.15, -0.1) is 0 Å². The van der Waals surface area contributed by atoms with Crippen molar-refractivity contribution >= 4 is 0 Å². The van der Waals surface area contributed by atoms with Crippen LogP contribution >= 0.6 is 0 Å². The zero-order valence-electron chi connectivity index (χ0n) is 18.2. The minimum absolute atomic E-state index is 0.785. The van der Waals surface area contributed by atoms with Crippen LogP contribution in [-0.4, -0.2) is 37.2 Å². The highest BCUT2D eigenvalue weighted by molar-refractivity contribution is 4.72. The SMILES string of the molecule is CCCCCCCCC(CCCCCCC)N(CCC)CCOCC. The first-order chi connectivity index (χ1) is 12.3. The zero-order valence-corrected chi connectivity index (χ0v) is 18.2. The van der Waals surface area contributed by atoms with Gasteiger partial charge in [0.05, 0.1) is 6.61 Å². The second kappa shape index (κ2) is 20.2. The standard InChI is InChI=1S/C23H49NO/c1-5-9-11-13-15-17-19-23(18-16-14-12-10-6-2)24(20-7-3)21-22-25-8-4/h23H,5-22H2,1-4H3. The van der Waals surface area contributed by atoms with Crippen LogP contribution in [0.1, 0.15) is 118 Å². The molecule has 0 rings (SSSR count). The molecule has 0 saturated carbocycles. The number of nitrogens with zero attached hydrogens (tertiary/aromatic N) is 1. The number of unbranched alkanes of at least 4 members (excludes halogenated alkanes) is 9. The normalized spacial score (nSPS) is 12.8. The van der Waals surface area contributed by atoms with Crippen molar-refractivity contribution in [3.8, 4) is 0 Å². The van der Waals surface area contributed by atoms with Crippen molar-refractivity contribution in [3.05, 3.63) is 0 Å². The predicted molar refractivity (Wildman–Crippen MR) is 114 cm³/mol. The maximum atomic E-state index is 5.65. The van der Waals surface area contributed by atoms with Gasteiger partial charge in [0.2, 0.25) is 0 Å². The highest BCUT2D eigenvalue weighted by Crippen LogP contribution is 2.19. The van der Waals surface area contributed by atoms with Crippen molar-refractivity contribution in [2.75, 3.05) is 26.3 Å². The third-order valence-electron chi connectivity index (χ3n) is 5.29. The van der Waals surface area contributed by atoms with Crippen molar-refractivity contribution in [2.45, 2.75) is 124 Å². The van der Waals surface area contributed by atoms with Crippen LogP contribution in [0.2, 0.25) is 0 Å². The molecule has 0 spiro atoms. The van der Waals surface area contributed by atoms with Crippen molar-refractivity contribution in [1.82, 2.24) is 4.90 Å². The van der Waals surface area contributed by atoms with E-state index in [1.54, 1.807) is 0 Å². The lowest BCUT2D eigenvalue weighted by Crippen LogP contribution is -2.38. The molecule has 0 aromatic rings. The summed E-state index contributed by atoms with van der Waals surface area (Å²) in [5.41, 5.74) is 0. The first kappa shape index (κ1) is 24.9. The van der Waals surface area contributed by atoms with Gasteiger partial charge in [-0.25, -0.2) is 0 Å². The van der Waals surface area contributed by atoms with Gasteiger partial charge < -0.3 is 4.74 Å². The number of hydrogen-bond donors (Lipinski definition) is 0. The Morgan fingerprint density at radius 1 is 0.600 bits per heavy atom. The fourth-order valence-electron chi connectivity index (χ4n) is 3.74. The molecule has 2 nitrogen and oxygen atoms in total. The summed E-state index contributed by atoms with van der Waals surface area (Å²) < 4.78 is 5.65. The summed E-state index contributed by atoms with van der Waals surface area (Å²) in [6.07, 6.45) is 19.5. The van der Waals surface area contributed by atoms with Gasteiger partial charge in [-0.2, -0.15) is 0 Å². The first-order valence-electron chi connectivity index (χ1n) is 11.6. The van der Waals surface area contributed by atoms with Crippen molar-refractivity contribution < 1.29 is 4.74 Å². The summed E-state index contributed by atoms with van der Waals surface area (Å²) in [5.74, 6) is 0. The lowest BCUT2D eigenvalue weighted by atomic mass is 9.98. The molecule has 0 amide bonds. The van der Waals surface area contributed by atoms with Gasteiger partial charge in [0.15, 0.2) is 0 Å². The molecule has 2 heteroatoms. The molecule has 0 aromatic carbocycles. The Labute approximate surface area is 160 Å². The molecule has 0 aliphatic heterocycles. The van der Waals surface area contributed by atoms with E-state index < -0.39 is 0 Å². The fourth-order valence-corrected chi connectivity index (χ4v) is 3.74. The molecule has 0 bridgehead atoms. The van der Waals surface area contributed by atoms with Gasteiger partial charge in [0, 0.05) is 19.2 Å². The van der Waals surface area contributed by atoms with Gasteiger partial charge in [-0.3, -0.25) is 4.90 Å². The minimum atomic E-state index is 0.785. The van der Waals surface area contributed by atoms with Crippen molar-refractivity contribution in [1.29, 1.82) is 0 Å². The molecule has 0 aliphatic carbocycles. The molecule has 0 aromatic heterocycles. The molecule has 25 heavy (non-hydrogen) atoms. The van der Waals surface area contributed by atoms with E-state index in [2.05, 4.69) is 32.6 Å². The lowest BCUT2D eigenvalue weighted by Gasteiger charge is -2.32. The smallest absolute Gasteiger partial charge is 0.0593 e. The molecule has 152 valence electrons. The van der Waals surface area contributed by atoms with Crippen LogP contribution in [0.4, 0.5) is 0 Å². The lowest BCUT2D eigenvalue weighted by molar-refractivity contribution is 0.0868. The monoisotopic (exact) mass is 355 g/mol. The van der Waals surface area contributed by atoms with E-state index in [-0.39, 0.29) is 0 Å². The summed E-state index contributed by atoms with van der Waals surface area (Å²) in [5, 5.41) is 0. The molecular weight excluding hydrogens is 306 g/mol. The molecule has 0 aliphatic rings. The van der Waals surface area contributed by atoms with Gasteiger partial charge >= 0.3 is 0 Å². The number of ether oxygens (including phenoxy) is 1. The highest BCUT2D eigenvalue weighted by atomic mass is 16.5. The van der Waals surface area contributed by atoms with E-state index in [0.29, 0.717) is 0 Å². The van der Waals surface area contributed by atoms with Crippen LogP contribution in [-0.2, 0) is 4.74 Å². The third kappa shape index (κ3) is 15.9. The minimum Gasteiger partial charge on any atom is -0.380 e. The van der Waals surface area contributed by atoms with Crippen LogP contribution < -0.4 is 0 Å². The van der Waals surface area contributed by atoms with Gasteiger partial charge in [0.1, 0.15) is 0 Å². The van der Waals surface area contributed by atoms with Crippen LogP contribution in [0.15, 0.2) is 0 Å². The first-order valence-corrected chi connectivity index (χ1v) is 11.6. The maximum absolute atomic E-state index is 5.65. The Morgan fingerprint density at radius 3 is 1.60 bits per heavy atom. The Balaban J connectivity index is 4.28. The Bertz CT molecular complexity index is 244. The maximum Gasteiger partial charge on any atom is 0.0593 e. The van der Waals surface area contributed by atoms with Gasteiger partial charge in [-0.05, 0) is 32.7 Å². The van der Waals surface area contributed by atoms with Crippen molar-refractivity contribution in [2.24, 2.45) is 0 Å². The van der Waals surface area contributed by atoms with Crippen LogP contribution in [0.25, 0.3) is 0 Å². The van der Waals surface area contributed by atoms with E-state index >= 15 is 0 Å². The molecule has 0 fully saturated rings. The molecule has 0 N–H and O–H groups in total. The third-order valence-corrected chi connectivity index (χ3v) is 5.29. The Morgan fingerprint density at radius 2 is 1.12 bits per heavy atom. The second-order valence-corrected chi connectivity index (χ2v) is 7.65. The summed E-state index contributed by atoms with van der Waals surface area (Å²) in [6, 6.07) is 0.785. The molecule has 0 radical (unpaired) electrons. The molecule has 1 atom stereocenters. The van der Waals surface area contributed by atoms with E-state index in [4.69, 9.17) is 4.74 Å². The summed E-state index contributed by atoms with van der Waals surface area (Å²) in [7, 11) is 0. The average molecular weight is 356 g/mol. The van der Waals surface area contributed by atoms with Gasteiger partial charge in [-0.1, -0.05) is 91.4 Å². The number of hydrogen-bond acceptors (Lipinski definition) is 2. The van der Waals surface area contributed by atoms with Gasteiger partial charge in [0.25, 0.3) is 0 Å². The van der Waals surface area contributed by atoms with Crippen LogP contribution in [0, 0.1) is 0 Å². The Hall–Kier alpha value is -0.0800. The fraction of sp³-hybridized carbons (Fsp3) is 1.00. The molecule has 1 unspecified atom stereocenters. The highest BCUT2D eigenvalue weighted by Gasteiger charge is 2.17. The summed E-state index contributed by atoms with van der Waals surface area (Å²) in [6.45, 7) is 13.1. The summed E-state index contributed by atoms with van der Waals surface area (Å²) in [4.78, 5) is 2.74. The molecule has 0 saturated heterocycles. The van der Waals surface area contributed by atoms with E-state index in [1.165, 1.54) is 96.4 Å². The van der Waals surface area contributed by atoms with Crippen molar-refractivity contribution in [3.63, 3.8) is 0 Å². The largest absolute Gasteiger partial charge is 0.380 e. The van der Waals surface area contributed by atoms with Crippen LogP contribution in [0.3, 0.4) is 0 Å². The van der Waals surface area contributed by atoms with Crippen LogP contribution in [0.5, 0.6) is 0 Å².